The minimum absolute atomic E-state index is 0.0504. The van der Waals surface area contributed by atoms with Gasteiger partial charge in [0.2, 0.25) is 0 Å². The Morgan fingerprint density at radius 2 is 1.85 bits per heavy atom. The van der Waals surface area contributed by atoms with Crippen LogP contribution < -0.4 is 0 Å². The zero-order valence-electron chi connectivity index (χ0n) is 13.0. The van der Waals surface area contributed by atoms with Gasteiger partial charge in [-0.3, -0.25) is 0 Å². The molecule has 0 radical (unpaired) electrons. The lowest BCUT2D eigenvalue weighted by atomic mass is 9.49. The summed E-state index contributed by atoms with van der Waals surface area (Å²) in [5.41, 5.74) is 3.72. The molecule has 0 bridgehead atoms. The molecular formula is C18H26O2. The van der Waals surface area contributed by atoms with E-state index in [1.807, 2.05) is 13.0 Å². The Morgan fingerprint density at radius 1 is 1.15 bits per heavy atom. The lowest BCUT2D eigenvalue weighted by Crippen LogP contribution is -2.53. The summed E-state index contributed by atoms with van der Waals surface area (Å²) in [6, 6.07) is 4.15. The first-order valence-electron chi connectivity index (χ1n) is 7.78. The van der Waals surface area contributed by atoms with E-state index in [-0.39, 0.29) is 16.9 Å². The number of fused-ring (bicyclic) bond motifs is 3. The Hall–Kier alpha value is -1.02. The maximum Gasteiger partial charge on any atom is 0.118 e. The number of rotatable bonds is 0. The number of aliphatic hydroxyl groups excluding tert-OH is 1. The average molecular weight is 274 g/mol. The van der Waals surface area contributed by atoms with Crippen molar-refractivity contribution in [1.29, 1.82) is 0 Å². The summed E-state index contributed by atoms with van der Waals surface area (Å²) in [4.78, 5) is 0. The molecule has 1 aromatic carbocycles. The second kappa shape index (κ2) is 4.24. The monoisotopic (exact) mass is 274 g/mol. The van der Waals surface area contributed by atoms with Crippen molar-refractivity contribution in [3.63, 3.8) is 0 Å². The highest BCUT2D eigenvalue weighted by Gasteiger charge is 2.53. The van der Waals surface area contributed by atoms with Crippen LogP contribution in [0.15, 0.2) is 12.1 Å². The van der Waals surface area contributed by atoms with Crippen molar-refractivity contribution in [2.24, 2.45) is 11.3 Å². The van der Waals surface area contributed by atoms with Crippen LogP contribution in [0.3, 0.4) is 0 Å². The van der Waals surface area contributed by atoms with E-state index in [1.165, 1.54) is 11.1 Å². The van der Waals surface area contributed by atoms with Gasteiger partial charge in [0.15, 0.2) is 0 Å². The Kier molecular flexibility index (Phi) is 2.95. The van der Waals surface area contributed by atoms with Crippen LogP contribution in [0.2, 0.25) is 0 Å². The fourth-order valence-corrected chi connectivity index (χ4v) is 4.84. The Labute approximate surface area is 121 Å². The summed E-state index contributed by atoms with van der Waals surface area (Å²) in [5.74, 6) is 0.892. The van der Waals surface area contributed by atoms with E-state index in [1.54, 1.807) is 0 Å². The predicted octanol–water partition coefficient (Wildman–Crippen LogP) is 3.70. The number of aromatic hydroxyl groups is 1. The number of hydrogen-bond donors (Lipinski definition) is 2. The van der Waals surface area contributed by atoms with Gasteiger partial charge in [0.1, 0.15) is 5.75 Å². The van der Waals surface area contributed by atoms with Gasteiger partial charge in [-0.25, -0.2) is 0 Å². The highest BCUT2D eigenvalue weighted by molar-refractivity contribution is 5.47. The first kappa shape index (κ1) is 13.9. The van der Waals surface area contributed by atoms with Gasteiger partial charge in [-0.2, -0.15) is 0 Å². The van der Waals surface area contributed by atoms with E-state index in [0.29, 0.717) is 11.7 Å². The number of benzene rings is 1. The molecule has 0 aliphatic heterocycles. The molecule has 2 heteroatoms. The van der Waals surface area contributed by atoms with Gasteiger partial charge in [-0.15, -0.1) is 0 Å². The number of phenolic OH excluding ortho intramolecular Hbond substituents is 1. The van der Waals surface area contributed by atoms with Crippen molar-refractivity contribution in [2.75, 3.05) is 0 Å². The maximum absolute atomic E-state index is 10.4. The molecular weight excluding hydrogens is 248 g/mol. The van der Waals surface area contributed by atoms with E-state index in [4.69, 9.17) is 0 Å². The molecule has 2 aliphatic rings. The first-order valence-corrected chi connectivity index (χ1v) is 7.78. The van der Waals surface area contributed by atoms with Crippen LogP contribution in [0.25, 0.3) is 0 Å². The molecule has 1 saturated carbocycles. The third kappa shape index (κ3) is 1.74. The van der Waals surface area contributed by atoms with Crippen molar-refractivity contribution in [3.05, 3.63) is 28.8 Å². The van der Waals surface area contributed by atoms with Crippen LogP contribution in [0.4, 0.5) is 0 Å². The zero-order valence-corrected chi connectivity index (χ0v) is 13.0. The number of phenols is 1. The molecule has 2 aliphatic carbocycles. The predicted molar refractivity (Wildman–Crippen MR) is 81.0 cm³/mol. The van der Waals surface area contributed by atoms with Gasteiger partial charge in [-0.05, 0) is 72.1 Å². The first-order chi connectivity index (χ1) is 9.26. The molecule has 3 rings (SSSR count). The van der Waals surface area contributed by atoms with Crippen molar-refractivity contribution in [1.82, 2.24) is 0 Å². The summed E-state index contributed by atoms with van der Waals surface area (Å²) in [6.07, 6.45) is 3.86. The zero-order chi connectivity index (χ0) is 14.7. The van der Waals surface area contributed by atoms with E-state index in [2.05, 4.69) is 26.8 Å². The van der Waals surface area contributed by atoms with E-state index in [9.17, 15) is 10.2 Å². The van der Waals surface area contributed by atoms with Crippen LogP contribution >= 0.6 is 0 Å². The Bertz CT molecular complexity index is 547. The average Bonchev–Trinajstić information content (AvgIpc) is 2.37. The minimum atomic E-state index is -0.207. The SMILES string of the molecule is Cc1cc2c(cc1O)[C@@]1(C)CCC(O)C(C)(C)C1CC2. The largest absolute Gasteiger partial charge is 0.508 e. The Balaban J connectivity index is 2.14. The van der Waals surface area contributed by atoms with Crippen molar-refractivity contribution in [3.8, 4) is 5.75 Å². The molecule has 0 saturated heterocycles. The van der Waals surface area contributed by atoms with Gasteiger partial charge in [0, 0.05) is 0 Å². The molecule has 0 heterocycles. The quantitative estimate of drug-likeness (QED) is 0.757. The fraction of sp³-hybridized carbons (Fsp3) is 0.667. The summed E-state index contributed by atoms with van der Waals surface area (Å²) >= 11 is 0. The van der Waals surface area contributed by atoms with Gasteiger partial charge < -0.3 is 10.2 Å². The smallest absolute Gasteiger partial charge is 0.118 e. The normalized spacial score (nSPS) is 35.2. The molecule has 0 amide bonds. The highest BCUT2D eigenvalue weighted by atomic mass is 16.3. The summed E-state index contributed by atoms with van der Waals surface area (Å²) in [7, 11) is 0. The van der Waals surface area contributed by atoms with Gasteiger partial charge in [0.05, 0.1) is 6.10 Å². The molecule has 2 unspecified atom stereocenters. The molecule has 3 atom stereocenters. The van der Waals surface area contributed by atoms with Crippen LogP contribution in [0.1, 0.15) is 56.7 Å². The molecule has 1 aromatic rings. The fourth-order valence-electron chi connectivity index (χ4n) is 4.84. The van der Waals surface area contributed by atoms with Gasteiger partial charge in [0.25, 0.3) is 0 Å². The number of aliphatic hydroxyl groups is 1. The molecule has 2 nitrogen and oxygen atoms in total. The van der Waals surface area contributed by atoms with E-state index < -0.39 is 0 Å². The molecule has 0 spiro atoms. The van der Waals surface area contributed by atoms with Crippen molar-refractivity contribution >= 4 is 0 Å². The summed E-state index contributed by atoms with van der Waals surface area (Å²) in [5, 5.41) is 20.5. The Morgan fingerprint density at radius 3 is 2.55 bits per heavy atom. The second-order valence-corrected chi connectivity index (χ2v) is 7.68. The minimum Gasteiger partial charge on any atom is -0.508 e. The maximum atomic E-state index is 10.4. The van der Waals surface area contributed by atoms with Crippen LogP contribution in [-0.2, 0) is 11.8 Å². The number of hydrogen-bond acceptors (Lipinski definition) is 2. The molecule has 110 valence electrons. The van der Waals surface area contributed by atoms with Crippen LogP contribution in [-0.4, -0.2) is 16.3 Å². The molecule has 1 fully saturated rings. The summed E-state index contributed by atoms with van der Waals surface area (Å²) in [6.45, 7) is 8.72. The lowest BCUT2D eigenvalue weighted by molar-refractivity contribution is -0.0731. The van der Waals surface area contributed by atoms with Crippen molar-refractivity contribution < 1.29 is 10.2 Å². The van der Waals surface area contributed by atoms with Crippen molar-refractivity contribution in [2.45, 2.75) is 64.9 Å². The highest BCUT2D eigenvalue weighted by Crippen LogP contribution is 2.57. The van der Waals surface area contributed by atoms with E-state index >= 15 is 0 Å². The molecule has 0 aromatic heterocycles. The number of aryl methyl sites for hydroxylation is 2. The second-order valence-electron chi connectivity index (χ2n) is 7.68. The van der Waals surface area contributed by atoms with Gasteiger partial charge in [-0.1, -0.05) is 26.8 Å². The third-order valence-corrected chi connectivity index (χ3v) is 6.20. The molecule has 20 heavy (non-hydrogen) atoms. The van der Waals surface area contributed by atoms with Crippen LogP contribution in [0.5, 0.6) is 5.75 Å². The van der Waals surface area contributed by atoms with Gasteiger partial charge >= 0.3 is 0 Å². The van der Waals surface area contributed by atoms with Crippen LogP contribution in [0, 0.1) is 18.3 Å². The topological polar surface area (TPSA) is 40.5 Å². The third-order valence-electron chi connectivity index (χ3n) is 6.20. The standard InChI is InChI=1S/C18H26O2/c1-11-9-12-5-6-15-17(2,3)16(20)7-8-18(15,4)13(12)10-14(11)19/h9-10,15-16,19-20H,5-8H2,1-4H3/t15?,16?,18-/m1/s1. The molecule has 2 N–H and O–H groups in total. The summed E-state index contributed by atoms with van der Waals surface area (Å²) < 4.78 is 0. The lowest BCUT2D eigenvalue weighted by Gasteiger charge is -2.56. The van der Waals surface area contributed by atoms with E-state index in [0.717, 1.165) is 31.2 Å².